The van der Waals surface area contributed by atoms with Gasteiger partial charge in [0.2, 0.25) is 0 Å². The molecule has 3 heteroatoms. The SMILES string of the molecule is CC(C)(C)c1cccc2c1oc1cc(F)c(F)cc12. The summed E-state index contributed by atoms with van der Waals surface area (Å²) < 4.78 is 32.4. The maximum Gasteiger partial charge on any atom is 0.162 e. The number of para-hydroxylation sites is 1. The summed E-state index contributed by atoms with van der Waals surface area (Å²) >= 11 is 0. The Morgan fingerprint density at radius 3 is 2.32 bits per heavy atom. The third-order valence-electron chi connectivity index (χ3n) is 3.35. The minimum Gasteiger partial charge on any atom is -0.456 e. The molecule has 0 saturated heterocycles. The molecule has 2 aromatic carbocycles. The Bertz CT molecular complexity index is 779. The van der Waals surface area contributed by atoms with Crippen molar-refractivity contribution in [3.8, 4) is 0 Å². The van der Waals surface area contributed by atoms with Crippen molar-refractivity contribution in [2.45, 2.75) is 26.2 Å². The number of hydrogen-bond donors (Lipinski definition) is 0. The third-order valence-corrected chi connectivity index (χ3v) is 3.35. The quantitative estimate of drug-likeness (QED) is 0.544. The summed E-state index contributed by atoms with van der Waals surface area (Å²) in [5.74, 6) is -1.74. The van der Waals surface area contributed by atoms with Crippen molar-refractivity contribution in [3.05, 3.63) is 47.5 Å². The van der Waals surface area contributed by atoms with E-state index >= 15 is 0 Å². The maximum absolute atomic E-state index is 13.4. The Morgan fingerprint density at radius 1 is 0.947 bits per heavy atom. The smallest absolute Gasteiger partial charge is 0.162 e. The molecule has 0 fully saturated rings. The molecular weight excluding hydrogens is 246 g/mol. The first-order valence-electron chi connectivity index (χ1n) is 6.18. The highest BCUT2D eigenvalue weighted by atomic mass is 19.2. The first-order chi connectivity index (χ1) is 8.88. The van der Waals surface area contributed by atoms with Gasteiger partial charge in [0.1, 0.15) is 11.2 Å². The Morgan fingerprint density at radius 2 is 1.63 bits per heavy atom. The summed E-state index contributed by atoms with van der Waals surface area (Å²) in [7, 11) is 0. The molecule has 0 radical (unpaired) electrons. The molecule has 0 aliphatic rings. The lowest BCUT2D eigenvalue weighted by molar-refractivity contribution is 0.508. The molecule has 0 spiro atoms. The van der Waals surface area contributed by atoms with Crippen molar-refractivity contribution in [3.63, 3.8) is 0 Å². The van der Waals surface area contributed by atoms with Gasteiger partial charge in [0, 0.05) is 22.4 Å². The zero-order valence-electron chi connectivity index (χ0n) is 11.1. The van der Waals surface area contributed by atoms with Gasteiger partial charge >= 0.3 is 0 Å². The van der Waals surface area contributed by atoms with Crippen LogP contribution in [0.25, 0.3) is 21.9 Å². The van der Waals surface area contributed by atoms with E-state index in [0.29, 0.717) is 16.6 Å². The zero-order valence-corrected chi connectivity index (χ0v) is 11.1. The number of rotatable bonds is 0. The van der Waals surface area contributed by atoms with Crippen LogP contribution in [0.3, 0.4) is 0 Å². The fourth-order valence-corrected chi connectivity index (χ4v) is 2.38. The topological polar surface area (TPSA) is 13.1 Å². The van der Waals surface area contributed by atoms with Crippen LogP contribution in [0.4, 0.5) is 8.78 Å². The monoisotopic (exact) mass is 260 g/mol. The normalized spacial score (nSPS) is 12.5. The summed E-state index contributed by atoms with van der Waals surface area (Å²) in [6, 6.07) is 8.07. The Balaban J connectivity index is 2.47. The van der Waals surface area contributed by atoms with E-state index in [1.165, 1.54) is 6.07 Å². The largest absolute Gasteiger partial charge is 0.456 e. The Kier molecular flexibility index (Phi) is 2.43. The van der Waals surface area contributed by atoms with Crippen molar-refractivity contribution in [2.75, 3.05) is 0 Å². The Labute approximate surface area is 109 Å². The molecule has 1 aromatic heterocycles. The molecule has 0 atom stereocenters. The summed E-state index contributed by atoms with van der Waals surface area (Å²) in [4.78, 5) is 0. The molecule has 0 unspecified atom stereocenters. The van der Waals surface area contributed by atoms with Crippen LogP contribution in [0.2, 0.25) is 0 Å². The van der Waals surface area contributed by atoms with Crippen LogP contribution < -0.4 is 0 Å². The fraction of sp³-hybridized carbons (Fsp3) is 0.250. The minimum atomic E-state index is -0.885. The summed E-state index contributed by atoms with van der Waals surface area (Å²) in [5, 5.41) is 1.43. The van der Waals surface area contributed by atoms with E-state index < -0.39 is 11.6 Å². The predicted octanol–water partition coefficient (Wildman–Crippen LogP) is 5.16. The maximum atomic E-state index is 13.4. The van der Waals surface area contributed by atoms with Gasteiger partial charge in [-0.05, 0) is 11.5 Å². The summed E-state index contributed by atoms with van der Waals surface area (Å²) in [6.45, 7) is 6.24. The molecule has 1 heterocycles. The van der Waals surface area contributed by atoms with Gasteiger partial charge in [-0.25, -0.2) is 8.78 Å². The van der Waals surface area contributed by atoms with Crippen molar-refractivity contribution in [2.24, 2.45) is 0 Å². The van der Waals surface area contributed by atoms with E-state index in [4.69, 9.17) is 4.42 Å². The highest BCUT2D eigenvalue weighted by molar-refractivity contribution is 6.06. The average molecular weight is 260 g/mol. The number of hydrogen-bond acceptors (Lipinski definition) is 1. The molecule has 3 aromatic rings. The van der Waals surface area contributed by atoms with Gasteiger partial charge < -0.3 is 4.42 Å². The Hall–Kier alpha value is -1.90. The van der Waals surface area contributed by atoms with E-state index in [0.717, 1.165) is 17.0 Å². The second-order valence-corrected chi connectivity index (χ2v) is 5.80. The lowest BCUT2D eigenvalue weighted by Gasteiger charge is -2.18. The summed E-state index contributed by atoms with van der Waals surface area (Å²) in [5.41, 5.74) is 2.02. The van der Waals surface area contributed by atoms with E-state index in [2.05, 4.69) is 20.8 Å². The molecule has 1 nitrogen and oxygen atoms in total. The highest BCUT2D eigenvalue weighted by Gasteiger charge is 2.21. The fourth-order valence-electron chi connectivity index (χ4n) is 2.38. The molecule has 98 valence electrons. The van der Waals surface area contributed by atoms with E-state index in [9.17, 15) is 8.78 Å². The second kappa shape index (κ2) is 3.80. The van der Waals surface area contributed by atoms with Crippen LogP contribution in [0, 0.1) is 11.6 Å². The van der Waals surface area contributed by atoms with Crippen LogP contribution in [-0.2, 0) is 5.41 Å². The molecule has 0 bridgehead atoms. The van der Waals surface area contributed by atoms with Crippen molar-refractivity contribution in [1.82, 2.24) is 0 Å². The molecule has 0 N–H and O–H groups in total. The highest BCUT2D eigenvalue weighted by Crippen LogP contribution is 2.36. The van der Waals surface area contributed by atoms with Crippen LogP contribution in [0.1, 0.15) is 26.3 Å². The number of benzene rings is 2. The number of fused-ring (bicyclic) bond motifs is 3. The van der Waals surface area contributed by atoms with Gasteiger partial charge in [-0.2, -0.15) is 0 Å². The van der Waals surface area contributed by atoms with Crippen LogP contribution in [0.5, 0.6) is 0 Å². The van der Waals surface area contributed by atoms with Crippen molar-refractivity contribution < 1.29 is 13.2 Å². The molecule has 0 aliphatic carbocycles. The van der Waals surface area contributed by atoms with Gasteiger partial charge in [0.05, 0.1) is 0 Å². The van der Waals surface area contributed by atoms with Gasteiger partial charge in [0.15, 0.2) is 11.6 Å². The van der Waals surface area contributed by atoms with Crippen molar-refractivity contribution >= 4 is 21.9 Å². The second-order valence-electron chi connectivity index (χ2n) is 5.80. The molecule has 0 amide bonds. The minimum absolute atomic E-state index is 0.0928. The van der Waals surface area contributed by atoms with Gasteiger partial charge in [-0.1, -0.05) is 39.0 Å². The standard InChI is InChI=1S/C16H14F2O/c1-16(2,3)11-6-4-5-9-10-7-12(17)13(18)8-14(10)19-15(9)11/h4-8H,1-3H3. The average Bonchev–Trinajstić information content (AvgIpc) is 2.66. The third kappa shape index (κ3) is 1.81. The molecule has 0 aliphatic heterocycles. The number of halogens is 2. The van der Waals surface area contributed by atoms with Crippen LogP contribution >= 0.6 is 0 Å². The predicted molar refractivity (Wildman–Crippen MR) is 72.3 cm³/mol. The van der Waals surface area contributed by atoms with E-state index in [1.807, 2.05) is 18.2 Å². The molecule has 0 saturated carbocycles. The van der Waals surface area contributed by atoms with E-state index in [-0.39, 0.29) is 5.41 Å². The number of furan rings is 1. The lowest BCUT2D eigenvalue weighted by atomic mass is 9.86. The molecule has 19 heavy (non-hydrogen) atoms. The van der Waals surface area contributed by atoms with Gasteiger partial charge in [-0.3, -0.25) is 0 Å². The van der Waals surface area contributed by atoms with Crippen molar-refractivity contribution in [1.29, 1.82) is 0 Å². The zero-order chi connectivity index (χ0) is 13.8. The first-order valence-corrected chi connectivity index (χ1v) is 6.18. The van der Waals surface area contributed by atoms with Crippen LogP contribution in [-0.4, -0.2) is 0 Å². The van der Waals surface area contributed by atoms with Gasteiger partial charge in [0.25, 0.3) is 0 Å². The van der Waals surface area contributed by atoms with Crippen LogP contribution in [0.15, 0.2) is 34.7 Å². The van der Waals surface area contributed by atoms with Gasteiger partial charge in [-0.15, -0.1) is 0 Å². The van der Waals surface area contributed by atoms with E-state index in [1.54, 1.807) is 0 Å². The summed E-state index contributed by atoms with van der Waals surface area (Å²) in [6.07, 6.45) is 0. The molecule has 3 rings (SSSR count). The first kappa shape index (κ1) is 12.2. The lowest BCUT2D eigenvalue weighted by Crippen LogP contribution is -2.10. The molecular formula is C16H14F2O.